The molecule has 0 aliphatic carbocycles. The molecule has 4 aromatic rings. The molecule has 1 unspecified atom stereocenters. The summed E-state index contributed by atoms with van der Waals surface area (Å²) in [5.41, 5.74) is 0.769. The summed E-state index contributed by atoms with van der Waals surface area (Å²) in [5.74, 6) is 6.35. The van der Waals surface area contributed by atoms with E-state index < -0.39 is 5.60 Å². The zero-order valence-corrected chi connectivity index (χ0v) is 22.1. The zero-order valence-electron chi connectivity index (χ0n) is 19.7. The first-order valence-corrected chi connectivity index (χ1v) is 12.3. The smallest absolute Gasteiger partial charge is 0.254 e. The van der Waals surface area contributed by atoms with Crippen molar-refractivity contribution in [3.8, 4) is 16.9 Å². The zero-order chi connectivity index (χ0) is 26.5. The Labute approximate surface area is 228 Å². The Bertz CT molecular complexity index is 1650. The van der Waals surface area contributed by atoms with Gasteiger partial charge in [0.15, 0.2) is 18.2 Å². The fraction of sp³-hybridized carbons (Fsp3) is 0.111. The Kier molecular flexibility index (Phi) is 6.45. The number of nitrogens with two attached hydrogens (primary N) is 1. The monoisotopic (exact) mass is 552 g/mol. The number of halogens is 2. The first-order valence-electron chi connectivity index (χ1n) is 11.1. The molecule has 10 heteroatoms. The molecule has 0 amide bonds. The van der Waals surface area contributed by atoms with Crippen LogP contribution in [-0.2, 0) is 12.3 Å². The summed E-state index contributed by atoms with van der Waals surface area (Å²) in [6, 6.07) is 18.9. The van der Waals surface area contributed by atoms with Gasteiger partial charge in [0.2, 0.25) is 0 Å². The van der Waals surface area contributed by atoms with E-state index in [9.17, 15) is 9.90 Å². The lowest BCUT2D eigenvalue weighted by Gasteiger charge is -2.35. The second kappa shape index (κ2) is 9.46. The molecule has 188 valence electrons. The third kappa shape index (κ3) is 4.16. The van der Waals surface area contributed by atoms with Gasteiger partial charge in [-0.25, -0.2) is 0 Å². The van der Waals surface area contributed by atoms with Gasteiger partial charge in [-0.3, -0.25) is 9.36 Å². The highest BCUT2D eigenvalue weighted by Gasteiger charge is 2.42. The topological polar surface area (TPSA) is 93.1 Å². The van der Waals surface area contributed by atoms with Crippen LogP contribution < -0.4 is 16.1 Å². The number of ether oxygens (including phenoxy) is 1. The van der Waals surface area contributed by atoms with Gasteiger partial charge in [-0.1, -0.05) is 54.0 Å². The van der Waals surface area contributed by atoms with Gasteiger partial charge in [0, 0.05) is 34.1 Å². The van der Waals surface area contributed by atoms with Gasteiger partial charge in [0.1, 0.15) is 5.75 Å². The molecule has 0 fully saturated rings. The number of aliphatic hydroxyl groups is 1. The van der Waals surface area contributed by atoms with Gasteiger partial charge in [0.25, 0.3) is 5.56 Å². The van der Waals surface area contributed by atoms with Crippen LogP contribution in [-0.4, -0.2) is 27.5 Å². The van der Waals surface area contributed by atoms with Crippen LogP contribution in [0.5, 0.6) is 5.75 Å². The van der Waals surface area contributed by atoms with Gasteiger partial charge >= 0.3 is 0 Å². The van der Waals surface area contributed by atoms with Crippen molar-refractivity contribution >= 4 is 52.6 Å². The Hall–Kier alpha value is -3.43. The number of aromatic nitrogens is 1. The molecule has 3 aromatic carbocycles. The van der Waals surface area contributed by atoms with Crippen LogP contribution in [0.3, 0.4) is 0 Å². The summed E-state index contributed by atoms with van der Waals surface area (Å²) in [5, 5.41) is 18.4. The first-order chi connectivity index (χ1) is 17.6. The van der Waals surface area contributed by atoms with Crippen molar-refractivity contribution in [3.05, 3.63) is 110 Å². The predicted octanol–water partition coefficient (Wildman–Crippen LogP) is 5.17. The number of benzene rings is 3. The predicted molar refractivity (Wildman–Crippen MR) is 151 cm³/mol. The number of hydrazone groups is 1. The van der Waals surface area contributed by atoms with Crippen molar-refractivity contribution in [2.75, 3.05) is 7.05 Å². The highest BCUT2D eigenvalue weighted by molar-refractivity contribution is 7.84. The van der Waals surface area contributed by atoms with Gasteiger partial charge in [-0.2, -0.15) is 5.10 Å². The maximum absolute atomic E-state index is 13.0. The molecule has 1 aliphatic rings. The second-order valence-electron chi connectivity index (χ2n) is 8.62. The summed E-state index contributed by atoms with van der Waals surface area (Å²) in [6.45, 7) is 3.90. The lowest BCUT2D eigenvalue weighted by Crippen LogP contribution is -2.46. The van der Waals surface area contributed by atoms with Crippen LogP contribution in [0, 0.1) is 0 Å². The Balaban J connectivity index is 1.87. The van der Waals surface area contributed by atoms with Crippen LogP contribution in [0.4, 0.5) is 0 Å². The van der Waals surface area contributed by atoms with Crippen molar-refractivity contribution < 1.29 is 9.84 Å². The van der Waals surface area contributed by atoms with Gasteiger partial charge in [-0.15, -0.1) is 12.6 Å². The number of likely N-dealkylation sites (N-methyl/N-ethyl adjacent to an activating group) is 1. The Morgan fingerprint density at radius 3 is 2.51 bits per heavy atom. The van der Waals surface area contributed by atoms with Crippen LogP contribution >= 0.6 is 35.8 Å². The highest BCUT2D eigenvalue weighted by atomic mass is 35.5. The lowest BCUT2D eigenvalue weighted by molar-refractivity contribution is 0.143. The van der Waals surface area contributed by atoms with E-state index in [1.165, 1.54) is 11.0 Å². The van der Waals surface area contributed by atoms with Crippen LogP contribution in [0.25, 0.3) is 22.0 Å². The van der Waals surface area contributed by atoms with E-state index in [1.54, 1.807) is 60.1 Å². The van der Waals surface area contributed by atoms with Crippen molar-refractivity contribution in [3.63, 3.8) is 0 Å². The van der Waals surface area contributed by atoms with Crippen molar-refractivity contribution in [2.24, 2.45) is 10.9 Å². The third-order valence-electron chi connectivity index (χ3n) is 6.48. The quantitative estimate of drug-likeness (QED) is 0.104. The molecule has 0 radical (unpaired) electrons. The standard InChI is InChI=1S/C27H22Cl2N4O3S/c1-15(37)32(2)26(31-30)27(35,17-6-8-19(28)9-7-17)18-11-22-21(16-4-3-5-20(29)10-16)13-24(34)33-14-36-23(12-18)25(22)33/h3-13,35,37H,1,14,30H2,2H3/b31-26-. The average molecular weight is 553 g/mol. The molecule has 5 rings (SSSR count). The molecule has 7 nitrogen and oxygen atoms in total. The Morgan fingerprint density at radius 2 is 1.86 bits per heavy atom. The normalized spacial score (nSPS) is 14.4. The van der Waals surface area contributed by atoms with Gasteiger partial charge in [-0.05, 0) is 53.1 Å². The van der Waals surface area contributed by atoms with E-state index in [0.29, 0.717) is 48.4 Å². The minimum Gasteiger partial charge on any atom is -0.470 e. The molecule has 0 bridgehead atoms. The van der Waals surface area contributed by atoms with E-state index in [2.05, 4.69) is 24.3 Å². The number of thiol groups is 1. The van der Waals surface area contributed by atoms with E-state index in [0.717, 1.165) is 5.56 Å². The highest BCUT2D eigenvalue weighted by Crippen LogP contribution is 2.42. The third-order valence-corrected chi connectivity index (χ3v) is 7.27. The number of amidine groups is 1. The fourth-order valence-corrected chi connectivity index (χ4v) is 5.03. The summed E-state index contributed by atoms with van der Waals surface area (Å²) in [7, 11) is 1.65. The minimum absolute atomic E-state index is 0.0501. The summed E-state index contributed by atoms with van der Waals surface area (Å²) in [6.07, 6.45) is 0. The van der Waals surface area contributed by atoms with Crippen LogP contribution in [0.1, 0.15) is 11.1 Å². The molecule has 1 atom stereocenters. The number of hydrogen-bond acceptors (Lipinski definition) is 6. The molecular weight excluding hydrogens is 531 g/mol. The minimum atomic E-state index is -1.87. The number of hydrogen-bond donors (Lipinski definition) is 3. The SMILES string of the molecule is C=C(S)N(C)/C(=N\N)C(O)(c1ccc(Cl)cc1)c1cc2c3c(c1)c(-c1cccc(Cl)c1)cc(=O)n3CO2. The van der Waals surface area contributed by atoms with E-state index >= 15 is 0 Å². The summed E-state index contributed by atoms with van der Waals surface area (Å²) in [4.78, 5) is 14.4. The number of nitrogens with zero attached hydrogens (tertiary/aromatic N) is 3. The molecule has 2 heterocycles. The van der Waals surface area contributed by atoms with E-state index in [4.69, 9.17) is 33.8 Å². The molecule has 0 spiro atoms. The largest absolute Gasteiger partial charge is 0.470 e. The van der Waals surface area contributed by atoms with Crippen LogP contribution in [0.15, 0.2) is 88.2 Å². The molecule has 0 saturated heterocycles. The number of pyridine rings is 1. The van der Waals surface area contributed by atoms with E-state index in [1.807, 2.05) is 12.1 Å². The molecule has 3 N–H and O–H groups in total. The first kappa shape index (κ1) is 25.2. The maximum Gasteiger partial charge on any atom is 0.254 e. The molecule has 0 saturated carbocycles. The maximum atomic E-state index is 13.0. The fourth-order valence-electron chi connectivity index (χ4n) is 4.62. The number of rotatable bonds is 5. The van der Waals surface area contributed by atoms with Gasteiger partial charge in [0.05, 0.1) is 10.5 Å². The molecule has 1 aliphatic heterocycles. The average Bonchev–Trinajstić information content (AvgIpc) is 3.31. The molecular formula is C27H22Cl2N4O3S. The summed E-state index contributed by atoms with van der Waals surface area (Å²) >= 11 is 16.8. The van der Waals surface area contributed by atoms with Gasteiger partial charge < -0.3 is 20.6 Å². The van der Waals surface area contributed by atoms with Crippen molar-refractivity contribution in [1.29, 1.82) is 0 Å². The second-order valence-corrected chi connectivity index (χ2v) is 10.0. The molecule has 37 heavy (non-hydrogen) atoms. The van der Waals surface area contributed by atoms with E-state index in [-0.39, 0.29) is 18.1 Å². The molecule has 1 aromatic heterocycles. The van der Waals surface area contributed by atoms with Crippen LogP contribution in [0.2, 0.25) is 10.0 Å². The van der Waals surface area contributed by atoms with Crippen molar-refractivity contribution in [2.45, 2.75) is 12.3 Å². The Morgan fingerprint density at radius 1 is 1.14 bits per heavy atom. The summed E-state index contributed by atoms with van der Waals surface area (Å²) < 4.78 is 7.45. The lowest BCUT2D eigenvalue weighted by atomic mass is 9.83. The van der Waals surface area contributed by atoms with Crippen molar-refractivity contribution in [1.82, 2.24) is 9.47 Å².